The summed E-state index contributed by atoms with van der Waals surface area (Å²) in [4.78, 5) is 4.35. The second-order valence-electron chi connectivity index (χ2n) is 5.61. The number of hydrogen-bond donors (Lipinski definition) is 0. The molecule has 1 aromatic heterocycles. The third-order valence-electron chi connectivity index (χ3n) is 4.15. The molecule has 3 aromatic carbocycles. The fraction of sp³-hybridized carbons (Fsp3) is 0.0455. The summed E-state index contributed by atoms with van der Waals surface area (Å²) < 4.78 is 6.24. The van der Waals surface area contributed by atoms with Crippen LogP contribution in [-0.2, 0) is 0 Å². The van der Waals surface area contributed by atoms with Gasteiger partial charge in [0.05, 0.1) is 0 Å². The van der Waals surface area contributed by atoms with Gasteiger partial charge in [-0.15, -0.1) is 0 Å². The van der Waals surface area contributed by atoms with E-state index in [-0.39, 0.29) is 0 Å². The van der Waals surface area contributed by atoms with Crippen LogP contribution in [-0.4, -0.2) is 7.05 Å². The molecule has 0 N–H and O–H groups in total. The molecule has 116 valence electrons. The fourth-order valence-corrected chi connectivity index (χ4v) is 3.06. The Labute approximate surface area is 140 Å². The molecule has 0 saturated heterocycles. The van der Waals surface area contributed by atoms with Gasteiger partial charge in [-0.25, -0.2) is 0 Å². The minimum atomic E-state index is 0.657. The SMILES string of the molecule is CN=c1oc(-c2ccccc2)c(-c2ccccc2)c2ccccc12. The maximum atomic E-state index is 6.24. The van der Waals surface area contributed by atoms with Crippen molar-refractivity contribution in [2.75, 3.05) is 7.05 Å². The van der Waals surface area contributed by atoms with Gasteiger partial charge in [-0.05, 0) is 17.0 Å². The number of nitrogens with zero attached hydrogens (tertiary/aromatic N) is 1. The average molecular weight is 311 g/mol. The zero-order chi connectivity index (χ0) is 16.4. The molecule has 0 aliphatic carbocycles. The van der Waals surface area contributed by atoms with Crippen molar-refractivity contribution in [3.05, 3.63) is 90.5 Å². The van der Waals surface area contributed by atoms with E-state index < -0.39 is 0 Å². The number of fused-ring (bicyclic) bond motifs is 1. The molecule has 1 heterocycles. The van der Waals surface area contributed by atoms with Crippen LogP contribution in [0, 0.1) is 0 Å². The normalized spacial score (nSPS) is 11.8. The van der Waals surface area contributed by atoms with Gasteiger partial charge in [-0.2, -0.15) is 0 Å². The lowest BCUT2D eigenvalue weighted by Crippen LogP contribution is -2.05. The highest BCUT2D eigenvalue weighted by atomic mass is 16.3. The molecule has 0 aliphatic rings. The highest BCUT2D eigenvalue weighted by molar-refractivity contribution is 6.01. The maximum Gasteiger partial charge on any atom is 0.222 e. The van der Waals surface area contributed by atoms with E-state index in [1.54, 1.807) is 7.05 Å². The number of rotatable bonds is 2. The molecule has 0 fully saturated rings. The lowest BCUT2D eigenvalue weighted by Gasteiger charge is -2.13. The lowest BCUT2D eigenvalue weighted by molar-refractivity contribution is 0.519. The molecule has 0 radical (unpaired) electrons. The van der Waals surface area contributed by atoms with Crippen molar-refractivity contribution in [2.24, 2.45) is 4.99 Å². The topological polar surface area (TPSA) is 25.5 Å². The van der Waals surface area contributed by atoms with Crippen LogP contribution in [0.25, 0.3) is 33.2 Å². The predicted molar refractivity (Wildman–Crippen MR) is 98.6 cm³/mol. The Kier molecular flexibility index (Phi) is 3.72. The van der Waals surface area contributed by atoms with Crippen LogP contribution in [0.2, 0.25) is 0 Å². The Morgan fingerprint density at radius 2 is 1.17 bits per heavy atom. The van der Waals surface area contributed by atoms with Crippen LogP contribution in [0.3, 0.4) is 0 Å². The maximum absolute atomic E-state index is 6.24. The molecule has 4 aromatic rings. The van der Waals surface area contributed by atoms with Gasteiger partial charge in [-0.1, -0.05) is 78.9 Å². The van der Waals surface area contributed by atoms with Crippen molar-refractivity contribution in [1.82, 2.24) is 0 Å². The highest BCUT2D eigenvalue weighted by Crippen LogP contribution is 2.36. The van der Waals surface area contributed by atoms with E-state index in [1.165, 1.54) is 0 Å². The van der Waals surface area contributed by atoms with Crippen molar-refractivity contribution < 1.29 is 4.42 Å². The van der Waals surface area contributed by atoms with Crippen LogP contribution in [0.15, 0.2) is 94.3 Å². The molecule has 0 amide bonds. The van der Waals surface area contributed by atoms with Gasteiger partial charge in [-0.3, -0.25) is 4.99 Å². The Hall–Kier alpha value is -3.13. The summed E-state index contributed by atoms with van der Waals surface area (Å²) in [5, 5.41) is 2.17. The molecule has 0 spiro atoms. The summed E-state index contributed by atoms with van der Waals surface area (Å²) in [5.74, 6) is 0.848. The minimum absolute atomic E-state index is 0.657. The first-order chi connectivity index (χ1) is 11.9. The second-order valence-corrected chi connectivity index (χ2v) is 5.61. The van der Waals surface area contributed by atoms with Crippen LogP contribution in [0.4, 0.5) is 0 Å². The van der Waals surface area contributed by atoms with E-state index in [4.69, 9.17) is 4.42 Å². The quantitative estimate of drug-likeness (QED) is 0.493. The Bertz CT molecular complexity index is 1050. The Morgan fingerprint density at radius 3 is 1.79 bits per heavy atom. The molecule has 24 heavy (non-hydrogen) atoms. The Morgan fingerprint density at radius 1 is 0.625 bits per heavy atom. The first kappa shape index (κ1) is 14.5. The van der Waals surface area contributed by atoms with Gasteiger partial charge in [0.25, 0.3) is 0 Å². The molecule has 0 aliphatic heterocycles. The largest absolute Gasteiger partial charge is 0.437 e. The van der Waals surface area contributed by atoms with Crippen molar-refractivity contribution >= 4 is 10.8 Å². The van der Waals surface area contributed by atoms with Gasteiger partial charge < -0.3 is 4.42 Å². The summed E-state index contributed by atoms with van der Waals surface area (Å²) in [5.41, 5.74) is 3.94. The molecule has 0 saturated carbocycles. The fourth-order valence-electron chi connectivity index (χ4n) is 3.06. The van der Waals surface area contributed by atoms with Gasteiger partial charge >= 0.3 is 0 Å². The van der Waals surface area contributed by atoms with Crippen LogP contribution < -0.4 is 5.55 Å². The van der Waals surface area contributed by atoms with Crippen molar-refractivity contribution in [2.45, 2.75) is 0 Å². The van der Waals surface area contributed by atoms with E-state index in [0.717, 1.165) is 33.2 Å². The standard InChI is InChI=1S/C22H17NO/c1-23-22-19-15-9-8-14-18(19)20(16-10-4-2-5-11-16)21(24-22)17-12-6-3-7-13-17/h2-15H,1H3. The summed E-state index contributed by atoms with van der Waals surface area (Å²) in [6, 6.07) is 28.8. The van der Waals surface area contributed by atoms with Crippen molar-refractivity contribution in [3.63, 3.8) is 0 Å². The van der Waals surface area contributed by atoms with Gasteiger partial charge in [0, 0.05) is 23.6 Å². The second kappa shape index (κ2) is 6.17. The highest BCUT2D eigenvalue weighted by Gasteiger charge is 2.15. The summed E-state index contributed by atoms with van der Waals surface area (Å²) in [6.45, 7) is 0. The first-order valence-corrected chi connectivity index (χ1v) is 7.98. The van der Waals surface area contributed by atoms with Crippen LogP contribution in [0.5, 0.6) is 0 Å². The number of benzene rings is 3. The van der Waals surface area contributed by atoms with E-state index in [9.17, 15) is 0 Å². The zero-order valence-corrected chi connectivity index (χ0v) is 13.4. The molecule has 2 nitrogen and oxygen atoms in total. The molecule has 2 heteroatoms. The molecular weight excluding hydrogens is 294 g/mol. The predicted octanol–water partition coefficient (Wildman–Crippen LogP) is 5.30. The van der Waals surface area contributed by atoms with Crippen LogP contribution >= 0.6 is 0 Å². The van der Waals surface area contributed by atoms with Gasteiger partial charge in [0.15, 0.2) is 0 Å². The average Bonchev–Trinajstić information content (AvgIpc) is 2.68. The van der Waals surface area contributed by atoms with E-state index >= 15 is 0 Å². The number of hydrogen-bond acceptors (Lipinski definition) is 2. The van der Waals surface area contributed by atoms with E-state index in [0.29, 0.717) is 5.55 Å². The molecule has 4 rings (SSSR count). The molecule has 0 atom stereocenters. The summed E-state index contributed by atoms with van der Waals surface area (Å²) in [6.07, 6.45) is 0. The van der Waals surface area contributed by atoms with Crippen molar-refractivity contribution in [1.29, 1.82) is 0 Å². The zero-order valence-electron chi connectivity index (χ0n) is 13.4. The third-order valence-corrected chi connectivity index (χ3v) is 4.15. The third kappa shape index (κ3) is 2.42. The lowest BCUT2D eigenvalue weighted by atomic mass is 9.95. The van der Waals surface area contributed by atoms with Crippen LogP contribution in [0.1, 0.15) is 0 Å². The monoisotopic (exact) mass is 311 g/mol. The Balaban J connectivity index is 2.19. The van der Waals surface area contributed by atoms with Crippen molar-refractivity contribution in [3.8, 4) is 22.5 Å². The smallest absolute Gasteiger partial charge is 0.222 e. The molecular formula is C22H17NO. The molecule has 0 bridgehead atoms. The van der Waals surface area contributed by atoms with E-state index in [2.05, 4.69) is 59.6 Å². The molecule has 0 unspecified atom stereocenters. The van der Waals surface area contributed by atoms with E-state index in [1.807, 2.05) is 30.3 Å². The minimum Gasteiger partial charge on any atom is -0.437 e. The summed E-state index contributed by atoms with van der Waals surface area (Å²) in [7, 11) is 1.77. The van der Waals surface area contributed by atoms with Gasteiger partial charge in [0.1, 0.15) is 5.76 Å². The first-order valence-electron chi connectivity index (χ1n) is 7.98. The van der Waals surface area contributed by atoms with Gasteiger partial charge in [0.2, 0.25) is 5.55 Å². The summed E-state index contributed by atoms with van der Waals surface area (Å²) >= 11 is 0.